The first-order valence-corrected chi connectivity index (χ1v) is 11.5. The van der Waals surface area contributed by atoms with Crippen molar-refractivity contribution in [3.63, 3.8) is 0 Å². The molecule has 0 unspecified atom stereocenters. The number of hydrogen-bond acceptors (Lipinski definition) is 7. The molecule has 1 aliphatic heterocycles. The molecule has 0 amide bonds. The maximum Gasteiger partial charge on any atom is 0.230 e. The molecule has 0 saturated heterocycles. The van der Waals surface area contributed by atoms with E-state index in [9.17, 15) is 5.11 Å². The number of ether oxygens (including phenoxy) is 2. The Kier molecular flexibility index (Phi) is 5.48. The van der Waals surface area contributed by atoms with Gasteiger partial charge < -0.3 is 14.6 Å². The highest BCUT2D eigenvalue weighted by Crippen LogP contribution is 2.43. The van der Waals surface area contributed by atoms with Gasteiger partial charge in [-0.25, -0.2) is 4.98 Å². The minimum Gasteiger partial charge on any atom is -0.493 e. The number of aromatic nitrogens is 3. The smallest absolute Gasteiger partial charge is 0.230 e. The van der Waals surface area contributed by atoms with Crippen molar-refractivity contribution in [3.05, 3.63) is 69.9 Å². The maximum absolute atomic E-state index is 11.2. The van der Waals surface area contributed by atoms with Gasteiger partial charge in [-0.1, -0.05) is 48.6 Å². The zero-order valence-corrected chi connectivity index (χ0v) is 19.2. The Hall–Kier alpha value is -3.10. The minimum atomic E-state index is -0.165. The Labute approximate surface area is 190 Å². The molecule has 8 heteroatoms. The molecule has 166 valence electrons. The molecule has 0 aliphatic carbocycles. The number of aryl methyl sites for hydroxylation is 1. The summed E-state index contributed by atoms with van der Waals surface area (Å²) in [5.74, 6) is 2.22. The van der Waals surface area contributed by atoms with Gasteiger partial charge in [0, 0.05) is 19.5 Å². The van der Waals surface area contributed by atoms with Crippen molar-refractivity contribution in [2.24, 2.45) is 0 Å². The number of thiazole rings is 1. The van der Waals surface area contributed by atoms with Crippen LogP contribution in [0.2, 0.25) is 0 Å². The molecular formula is C24H26N4O3S. The van der Waals surface area contributed by atoms with Crippen LogP contribution in [0.5, 0.6) is 17.4 Å². The van der Waals surface area contributed by atoms with Crippen LogP contribution in [0.4, 0.5) is 0 Å². The van der Waals surface area contributed by atoms with Crippen LogP contribution >= 0.6 is 11.3 Å². The minimum absolute atomic E-state index is 0.149. The first-order valence-electron chi connectivity index (χ1n) is 10.7. The molecule has 0 radical (unpaired) electrons. The van der Waals surface area contributed by atoms with Crippen LogP contribution in [0, 0.1) is 0 Å². The van der Waals surface area contributed by atoms with Crippen molar-refractivity contribution in [1.29, 1.82) is 0 Å². The van der Waals surface area contributed by atoms with Crippen LogP contribution in [0.15, 0.2) is 42.5 Å². The molecule has 0 fully saturated rings. The molecule has 2 aromatic heterocycles. The SMILES string of the molecule is CCc1nc2sc([C@@H](c3ccc(OC)c(OC)c3)N3CCc4ccccc4C3)c(O)n2n1. The van der Waals surface area contributed by atoms with E-state index in [1.807, 2.05) is 25.1 Å². The van der Waals surface area contributed by atoms with Crippen LogP contribution in [-0.2, 0) is 19.4 Å². The van der Waals surface area contributed by atoms with Crippen molar-refractivity contribution in [1.82, 2.24) is 19.5 Å². The first-order chi connectivity index (χ1) is 15.6. The molecule has 3 heterocycles. The Morgan fingerprint density at radius 1 is 1.09 bits per heavy atom. The topological polar surface area (TPSA) is 72.1 Å². The zero-order valence-electron chi connectivity index (χ0n) is 18.4. The third-order valence-corrected chi connectivity index (χ3v) is 7.13. The second-order valence-electron chi connectivity index (χ2n) is 7.87. The molecule has 5 rings (SSSR count). The van der Waals surface area contributed by atoms with Crippen molar-refractivity contribution >= 4 is 16.3 Å². The van der Waals surface area contributed by atoms with E-state index in [-0.39, 0.29) is 11.9 Å². The van der Waals surface area contributed by atoms with Crippen molar-refractivity contribution in [2.75, 3.05) is 20.8 Å². The van der Waals surface area contributed by atoms with E-state index in [0.717, 1.165) is 42.2 Å². The van der Waals surface area contributed by atoms with E-state index in [0.29, 0.717) is 16.5 Å². The van der Waals surface area contributed by atoms with E-state index in [1.54, 1.807) is 18.7 Å². The summed E-state index contributed by atoms with van der Waals surface area (Å²) in [7, 11) is 3.27. The van der Waals surface area contributed by atoms with Gasteiger partial charge in [0.05, 0.1) is 25.1 Å². The van der Waals surface area contributed by atoms with E-state index in [2.05, 4.69) is 39.2 Å². The highest BCUT2D eigenvalue weighted by Gasteiger charge is 2.32. The molecule has 0 bridgehead atoms. The number of rotatable bonds is 6. The third-order valence-electron chi connectivity index (χ3n) is 6.06. The Morgan fingerprint density at radius 3 is 2.59 bits per heavy atom. The summed E-state index contributed by atoms with van der Waals surface area (Å²) in [5, 5.41) is 15.6. The lowest BCUT2D eigenvalue weighted by Crippen LogP contribution is -2.34. The molecule has 1 N–H and O–H groups in total. The predicted octanol–water partition coefficient (Wildman–Crippen LogP) is 4.22. The lowest BCUT2D eigenvalue weighted by Gasteiger charge is -2.35. The Bertz CT molecular complexity index is 1270. The number of aromatic hydroxyl groups is 1. The number of fused-ring (bicyclic) bond motifs is 2. The third kappa shape index (κ3) is 3.49. The molecule has 4 aromatic rings. The fourth-order valence-corrected chi connectivity index (χ4v) is 5.54. The van der Waals surface area contributed by atoms with E-state index in [4.69, 9.17) is 9.47 Å². The lowest BCUT2D eigenvalue weighted by molar-refractivity contribution is 0.205. The van der Waals surface area contributed by atoms with Gasteiger partial charge in [0.15, 0.2) is 17.3 Å². The lowest BCUT2D eigenvalue weighted by atomic mass is 9.95. The van der Waals surface area contributed by atoms with Crippen LogP contribution in [0.3, 0.4) is 0 Å². The summed E-state index contributed by atoms with van der Waals surface area (Å²) in [6, 6.07) is 14.4. The van der Waals surface area contributed by atoms with Gasteiger partial charge in [-0.15, -0.1) is 5.10 Å². The normalized spacial score (nSPS) is 15.0. The monoisotopic (exact) mass is 450 g/mol. The quantitative estimate of drug-likeness (QED) is 0.474. The fraction of sp³-hybridized carbons (Fsp3) is 0.333. The molecule has 1 aliphatic rings. The number of nitrogens with zero attached hydrogens (tertiary/aromatic N) is 4. The summed E-state index contributed by atoms with van der Waals surface area (Å²) in [6.07, 6.45) is 1.69. The van der Waals surface area contributed by atoms with Gasteiger partial charge in [0.2, 0.25) is 10.8 Å². The van der Waals surface area contributed by atoms with Gasteiger partial charge in [-0.3, -0.25) is 4.90 Å². The molecular weight excluding hydrogens is 424 g/mol. The second-order valence-corrected chi connectivity index (χ2v) is 8.88. The van der Waals surface area contributed by atoms with Crippen molar-refractivity contribution < 1.29 is 14.6 Å². The largest absolute Gasteiger partial charge is 0.493 e. The highest BCUT2D eigenvalue weighted by molar-refractivity contribution is 7.17. The highest BCUT2D eigenvalue weighted by atomic mass is 32.1. The van der Waals surface area contributed by atoms with Crippen LogP contribution in [0.1, 0.15) is 40.4 Å². The zero-order chi connectivity index (χ0) is 22.2. The number of hydrogen-bond donors (Lipinski definition) is 1. The van der Waals surface area contributed by atoms with E-state index in [1.165, 1.54) is 22.5 Å². The molecule has 0 saturated carbocycles. The van der Waals surface area contributed by atoms with Gasteiger partial charge in [-0.05, 0) is 35.2 Å². The molecule has 32 heavy (non-hydrogen) atoms. The number of benzene rings is 2. The summed E-state index contributed by atoms with van der Waals surface area (Å²) in [6.45, 7) is 3.68. The average molecular weight is 451 g/mol. The summed E-state index contributed by atoms with van der Waals surface area (Å²) >= 11 is 1.49. The maximum atomic E-state index is 11.2. The molecule has 1 atom stereocenters. The standard InChI is InChI=1S/C24H26N4O3S/c1-4-20-25-24-28(26-20)23(29)22(32-24)21(16-9-10-18(30-2)19(13-16)31-3)27-12-11-15-7-5-6-8-17(15)14-27/h5-10,13,21,29H,4,11-12,14H2,1-3H3/t21-/m1/s1. The van der Waals surface area contributed by atoms with Gasteiger partial charge >= 0.3 is 0 Å². The van der Waals surface area contributed by atoms with E-state index < -0.39 is 0 Å². The van der Waals surface area contributed by atoms with Crippen molar-refractivity contribution in [3.8, 4) is 17.4 Å². The average Bonchev–Trinajstić information content (AvgIpc) is 3.38. The number of methoxy groups -OCH3 is 2. The van der Waals surface area contributed by atoms with Gasteiger partial charge in [0.25, 0.3) is 0 Å². The fourth-order valence-electron chi connectivity index (χ4n) is 4.41. The van der Waals surface area contributed by atoms with Crippen LogP contribution in [-0.4, -0.2) is 45.4 Å². The summed E-state index contributed by atoms with van der Waals surface area (Å²) < 4.78 is 12.6. The van der Waals surface area contributed by atoms with E-state index >= 15 is 0 Å². The second kappa shape index (κ2) is 8.44. The van der Waals surface area contributed by atoms with Crippen molar-refractivity contribution in [2.45, 2.75) is 32.4 Å². The van der Waals surface area contributed by atoms with Crippen LogP contribution in [0.25, 0.3) is 4.96 Å². The summed E-state index contributed by atoms with van der Waals surface area (Å²) in [5.41, 5.74) is 3.73. The van der Waals surface area contributed by atoms with Crippen LogP contribution < -0.4 is 9.47 Å². The molecule has 0 spiro atoms. The molecule has 2 aromatic carbocycles. The molecule has 7 nitrogen and oxygen atoms in total. The Balaban J connectivity index is 1.63. The predicted molar refractivity (Wildman–Crippen MR) is 124 cm³/mol. The first kappa shape index (κ1) is 20.8. The van der Waals surface area contributed by atoms with Gasteiger partial charge in [0.1, 0.15) is 0 Å². The summed E-state index contributed by atoms with van der Waals surface area (Å²) in [4.78, 5) is 8.51. The Morgan fingerprint density at radius 2 is 1.88 bits per heavy atom. The van der Waals surface area contributed by atoms with Gasteiger partial charge in [-0.2, -0.15) is 4.52 Å².